The lowest BCUT2D eigenvalue weighted by atomic mass is 10.3. The molecule has 3 aromatic rings. The molecule has 0 aliphatic rings. The van der Waals surface area contributed by atoms with Crippen LogP contribution in [0, 0.1) is 10.6 Å². The first-order chi connectivity index (χ1) is 8.65. The average Bonchev–Trinajstić information content (AvgIpc) is 2.87. The lowest BCUT2D eigenvalue weighted by Gasteiger charge is -2.02. The predicted molar refractivity (Wildman–Crippen MR) is 78.2 cm³/mol. The van der Waals surface area contributed by atoms with Crippen LogP contribution in [0.4, 0.5) is 4.39 Å². The largest absolute Gasteiger partial charge is 0.328 e. The van der Waals surface area contributed by atoms with E-state index in [0.29, 0.717) is 16.8 Å². The number of aromatic nitrogens is 2. The molecule has 0 saturated carbocycles. The molecule has 1 aromatic carbocycles. The molecule has 18 heavy (non-hydrogen) atoms. The number of halogens is 2. The third-order valence-electron chi connectivity index (χ3n) is 2.70. The summed E-state index contributed by atoms with van der Waals surface area (Å²) in [5.74, 6) is -0.273. The van der Waals surface area contributed by atoms with Crippen molar-refractivity contribution in [3.63, 3.8) is 0 Å². The van der Waals surface area contributed by atoms with Crippen LogP contribution in [0.25, 0.3) is 11.0 Å². The summed E-state index contributed by atoms with van der Waals surface area (Å²) < 4.78 is 17.1. The highest BCUT2D eigenvalue weighted by molar-refractivity contribution is 9.10. The lowest BCUT2D eigenvalue weighted by Crippen LogP contribution is -1.97. The maximum Gasteiger partial charge on any atom is 0.178 e. The number of H-pyrrole nitrogens is 1. The molecule has 0 spiro atoms. The van der Waals surface area contributed by atoms with E-state index in [-0.39, 0.29) is 5.82 Å². The van der Waals surface area contributed by atoms with E-state index < -0.39 is 0 Å². The van der Waals surface area contributed by atoms with Crippen molar-refractivity contribution in [1.82, 2.24) is 9.55 Å². The SMILES string of the molecule is Fc1cccc2c1[nH]c(=S)n2Cc1cc(Br)cs1. The summed E-state index contributed by atoms with van der Waals surface area (Å²) in [5, 5.41) is 2.02. The number of rotatable bonds is 2. The summed E-state index contributed by atoms with van der Waals surface area (Å²) in [5.41, 5.74) is 1.27. The van der Waals surface area contributed by atoms with Crippen molar-refractivity contribution < 1.29 is 4.39 Å². The minimum Gasteiger partial charge on any atom is -0.328 e. The van der Waals surface area contributed by atoms with Gasteiger partial charge in [0.1, 0.15) is 11.3 Å². The minimum absolute atomic E-state index is 0.273. The molecular formula is C12H8BrFN2S2. The number of aromatic amines is 1. The Morgan fingerprint density at radius 1 is 1.44 bits per heavy atom. The second-order valence-electron chi connectivity index (χ2n) is 3.88. The molecule has 0 amide bonds. The number of benzene rings is 1. The van der Waals surface area contributed by atoms with Gasteiger partial charge >= 0.3 is 0 Å². The quantitative estimate of drug-likeness (QED) is 0.669. The molecule has 6 heteroatoms. The molecule has 0 aliphatic heterocycles. The van der Waals surface area contributed by atoms with E-state index >= 15 is 0 Å². The van der Waals surface area contributed by atoms with Gasteiger partial charge in [0, 0.05) is 14.7 Å². The molecule has 2 nitrogen and oxygen atoms in total. The summed E-state index contributed by atoms with van der Waals surface area (Å²) in [6.07, 6.45) is 0. The van der Waals surface area contributed by atoms with Crippen molar-refractivity contribution in [2.45, 2.75) is 6.54 Å². The van der Waals surface area contributed by atoms with Crippen molar-refractivity contribution in [3.8, 4) is 0 Å². The van der Waals surface area contributed by atoms with Crippen LogP contribution in [-0.2, 0) is 6.54 Å². The molecule has 0 aliphatic carbocycles. The van der Waals surface area contributed by atoms with Crippen molar-refractivity contribution >= 4 is 50.5 Å². The Balaban J connectivity index is 2.14. The maximum absolute atomic E-state index is 13.6. The van der Waals surface area contributed by atoms with Crippen LogP contribution in [0.15, 0.2) is 34.1 Å². The van der Waals surface area contributed by atoms with Gasteiger partial charge in [-0.2, -0.15) is 0 Å². The van der Waals surface area contributed by atoms with Gasteiger partial charge in [-0.05, 0) is 46.3 Å². The maximum atomic E-state index is 13.6. The Kier molecular flexibility index (Phi) is 3.09. The smallest absolute Gasteiger partial charge is 0.178 e. The summed E-state index contributed by atoms with van der Waals surface area (Å²) in [6, 6.07) is 7.04. The Labute approximate surface area is 120 Å². The third kappa shape index (κ3) is 2.04. The highest BCUT2D eigenvalue weighted by Gasteiger charge is 2.09. The van der Waals surface area contributed by atoms with Crippen molar-refractivity contribution in [2.75, 3.05) is 0 Å². The number of nitrogens with zero attached hydrogens (tertiary/aromatic N) is 1. The number of nitrogens with one attached hydrogen (secondary N) is 1. The Morgan fingerprint density at radius 3 is 3.00 bits per heavy atom. The van der Waals surface area contributed by atoms with Crippen LogP contribution in [0.1, 0.15) is 4.88 Å². The molecule has 3 rings (SSSR count). The van der Waals surface area contributed by atoms with Crippen LogP contribution in [0.2, 0.25) is 0 Å². The van der Waals surface area contributed by atoms with E-state index in [1.54, 1.807) is 17.4 Å². The molecule has 0 atom stereocenters. The monoisotopic (exact) mass is 342 g/mol. The molecule has 92 valence electrons. The normalized spacial score (nSPS) is 11.2. The van der Waals surface area contributed by atoms with Crippen molar-refractivity contribution in [1.29, 1.82) is 0 Å². The topological polar surface area (TPSA) is 20.7 Å². The first kappa shape index (κ1) is 12.1. The standard InChI is InChI=1S/C12H8BrFN2S2/c13-7-4-8(18-6-7)5-16-10-3-1-2-9(14)11(10)15-12(16)17/h1-4,6H,5H2,(H,15,17). The van der Waals surface area contributed by atoms with Gasteiger partial charge in [0.25, 0.3) is 0 Å². The number of thiophene rings is 1. The van der Waals surface area contributed by atoms with Crippen LogP contribution in [0.5, 0.6) is 0 Å². The van der Waals surface area contributed by atoms with Gasteiger partial charge in [-0.3, -0.25) is 0 Å². The van der Waals surface area contributed by atoms with E-state index in [2.05, 4.69) is 20.9 Å². The fourth-order valence-electron chi connectivity index (χ4n) is 1.89. The number of para-hydroxylation sites is 1. The van der Waals surface area contributed by atoms with Gasteiger partial charge in [-0.15, -0.1) is 11.3 Å². The number of fused-ring (bicyclic) bond motifs is 1. The number of hydrogen-bond donors (Lipinski definition) is 1. The van der Waals surface area contributed by atoms with E-state index in [4.69, 9.17) is 12.2 Å². The van der Waals surface area contributed by atoms with Crippen LogP contribution >= 0.6 is 39.5 Å². The Morgan fingerprint density at radius 2 is 2.28 bits per heavy atom. The van der Waals surface area contributed by atoms with Crippen LogP contribution < -0.4 is 0 Å². The second kappa shape index (κ2) is 4.60. The van der Waals surface area contributed by atoms with Gasteiger partial charge < -0.3 is 9.55 Å². The van der Waals surface area contributed by atoms with Gasteiger partial charge in [0.05, 0.1) is 12.1 Å². The number of hydrogen-bond acceptors (Lipinski definition) is 2. The fraction of sp³-hybridized carbons (Fsp3) is 0.0833. The molecule has 0 saturated heterocycles. The Bertz CT molecular complexity index is 772. The Hall–Kier alpha value is -0.980. The fourth-order valence-corrected chi connectivity index (χ4v) is 3.60. The second-order valence-corrected chi connectivity index (χ2v) is 6.18. The minimum atomic E-state index is -0.273. The zero-order chi connectivity index (χ0) is 12.7. The van der Waals surface area contributed by atoms with Gasteiger partial charge in [0.2, 0.25) is 0 Å². The molecule has 0 fully saturated rings. The summed E-state index contributed by atoms with van der Waals surface area (Å²) in [4.78, 5) is 4.09. The van der Waals surface area contributed by atoms with E-state index in [0.717, 1.165) is 9.99 Å². The van der Waals surface area contributed by atoms with Crippen LogP contribution in [-0.4, -0.2) is 9.55 Å². The molecule has 2 heterocycles. The van der Waals surface area contributed by atoms with Gasteiger partial charge in [-0.25, -0.2) is 4.39 Å². The van der Waals surface area contributed by atoms with Crippen molar-refractivity contribution in [3.05, 3.63) is 49.6 Å². The third-order valence-corrected chi connectivity index (χ3v) is 4.70. The predicted octanol–water partition coefficient (Wildman–Crippen LogP) is 4.71. The lowest BCUT2D eigenvalue weighted by molar-refractivity contribution is 0.637. The zero-order valence-electron chi connectivity index (χ0n) is 9.11. The highest BCUT2D eigenvalue weighted by Crippen LogP contribution is 2.23. The molecule has 0 unspecified atom stereocenters. The molecule has 0 radical (unpaired) electrons. The van der Waals surface area contributed by atoms with Crippen LogP contribution in [0.3, 0.4) is 0 Å². The first-order valence-electron chi connectivity index (χ1n) is 5.25. The summed E-state index contributed by atoms with van der Waals surface area (Å²) in [6.45, 7) is 0.651. The molecule has 2 aromatic heterocycles. The zero-order valence-corrected chi connectivity index (χ0v) is 12.3. The van der Waals surface area contributed by atoms with E-state index in [1.165, 1.54) is 10.9 Å². The van der Waals surface area contributed by atoms with E-state index in [9.17, 15) is 4.39 Å². The van der Waals surface area contributed by atoms with Crippen molar-refractivity contribution in [2.24, 2.45) is 0 Å². The first-order valence-corrected chi connectivity index (χ1v) is 7.33. The van der Waals surface area contributed by atoms with E-state index in [1.807, 2.05) is 22.1 Å². The highest BCUT2D eigenvalue weighted by atomic mass is 79.9. The molecule has 1 N–H and O–H groups in total. The van der Waals surface area contributed by atoms with Gasteiger partial charge in [-0.1, -0.05) is 6.07 Å². The molecular weight excluding hydrogens is 335 g/mol. The summed E-state index contributed by atoms with van der Waals surface area (Å²) in [7, 11) is 0. The van der Waals surface area contributed by atoms with Gasteiger partial charge in [0.15, 0.2) is 4.77 Å². The molecule has 0 bridgehead atoms. The number of imidazole rings is 1. The average molecular weight is 343 g/mol. The summed E-state index contributed by atoms with van der Waals surface area (Å²) >= 11 is 10.3.